The molecule has 5 heteroatoms. The summed E-state index contributed by atoms with van der Waals surface area (Å²) in [6.07, 6.45) is 7.74. The fourth-order valence-corrected chi connectivity index (χ4v) is 3.32. The predicted molar refractivity (Wildman–Crippen MR) is 71.0 cm³/mol. The Hall–Kier alpha value is -1.88. The van der Waals surface area contributed by atoms with Gasteiger partial charge in [0.05, 0.1) is 0 Å². The van der Waals surface area contributed by atoms with Crippen LogP contribution >= 0.6 is 0 Å². The summed E-state index contributed by atoms with van der Waals surface area (Å²) in [5.41, 5.74) is 1.50. The summed E-state index contributed by atoms with van der Waals surface area (Å²) in [6.45, 7) is 1.04. The van der Waals surface area contributed by atoms with Crippen LogP contribution in [-0.2, 0) is 0 Å². The minimum Gasteiger partial charge on any atom is -0.349 e. The lowest BCUT2D eigenvalue weighted by atomic mass is 10.0. The van der Waals surface area contributed by atoms with Crippen LogP contribution in [0.5, 0.6) is 0 Å². The number of nitrogens with zero attached hydrogens (tertiary/aromatic N) is 2. The van der Waals surface area contributed by atoms with Gasteiger partial charge in [-0.1, -0.05) is 0 Å². The van der Waals surface area contributed by atoms with E-state index in [-0.39, 0.29) is 5.91 Å². The van der Waals surface area contributed by atoms with E-state index in [0.717, 1.165) is 18.6 Å². The highest BCUT2D eigenvalue weighted by molar-refractivity contribution is 5.95. The molecule has 2 aromatic heterocycles. The summed E-state index contributed by atoms with van der Waals surface area (Å²) >= 11 is 0. The second kappa shape index (κ2) is 4.06. The van der Waals surface area contributed by atoms with Crippen molar-refractivity contribution < 1.29 is 4.79 Å². The molecule has 19 heavy (non-hydrogen) atoms. The molecule has 0 unspecified atom stereocenters. The van der Waals surface area contributed by atoms with Gasteiger partial charge in [-0.2, -0.15) is 0 Å². The number of pyridine rings is 1. The number of fused-ring (bicyclic) bond motifs is 3. The molecular formula is C14H16N4O. The molecule has 0 radical (unpaired) electrons. The molecule has 2 aliphatic rings. The summed E-state index contributed by atoms with van der Waals surface area (Å²) in [7, 11) is 0. The van der Waals surface area contributed by atoms with Crippen molar-refractivity contribution in [3.63, 3.8) is 0 Å². The molecule has 1 saturated heterocycles. The number of carbonyl (C=O) groups is 1. The Kier molecular flexibility index (Phi) is 2.35. The van der Waals surface area contributed by atoms with Crippen LogP contribution in [0.25, 0.3) is 5.65 Å². The molecule has 2 N–H and O–H groups in total. The van der Waals surface area contributed by atoms with Gasteiger partial charge in [-0.25, -0.2) is 4.98 Å². The maximum atomic E-state index is 12.3. The minimum atomic E-state index is 0.0167. The Balaban J connectivity index is 1.53. The first kappa shape index (κ1) is 11.0. The van der Waals surface area contributed by atoms with Crippen LogP contribution in [0.15, 0.2) is 30.7 Å². The predicted octanol–water partition coefficient (Wildman–Crippen LogP) is 0.814. The zero-order valence-electron chi connectivity index (χ0n) is 10.5. The van der Waals surface area contributed by atoms with Gasteiger partial charge >= 0.3 is 0 Å². The van der Waals surface area contributed by atoms with Gasteiger partial charge in [-0.15, -0.1) is 0 Å². The zero-order valence-corrected chi connectivity index (χ0v) is 10.5. The molecule has 0 aromatic carbocycles. The Morgan fingerprint density at radius 1 is 1.42 bits per heavy atom. The largest absolute Gasteiger partial charge is 0.349 e. The van der Waals surface area contributed by atoms with Gasteiger partial charge < -0.3 is 15.0 Å². The fraction of sp³-hybridized carbons (Fsp3) is 0.429. The monoisotopic (exact) mass is 256 g/mol. The van der Waals surface area contributed by atoms with Crippen molar-refractivity contribution in [3.8, 4) is 0 Å². The van der Waals surface area contributed by atoms with Crippen molar-refractivity contribution in [1.29, 1.82) is 0 Å². The van der Waals surface area contributed by atoms with Crippen molar-refractivity contribution in [3.05, 3.63) is 36.3 Å². The third-order valence-corrected chi connectivity index (χ3v) is 4.34. The molecule has 1 aliphatic carbocycles. The highest BCUT2D eigenvalue weighted by Crippen LogP contribution is 2.31. The van der Waals surface area contributed by atoms with E-state index in [4.69, 9.17) is 0 Å². The van der Waals surface area contributed by atoms with E-state index in [1.807, 2.05) is 28.9 Å². The molecule has 1 amide bonds. The summed E-state index contributed by atoms with van der Waals surface area (Å²) in [5, 5.41) is 6.62. The highest BCUT2D eigenvalue weighted by atomic mass is 16.1. The molecule has 5 nitrogen and oxygen atoms in total. The maximum absolute atomic E-state index is 12.3. The van der Waals surface area contributed by atoms with Gasteiger partial charge in [0.1, 0.15) is 5.65 Å². The molecule has 2 fully saturated rings. The molecule has 98 valence electrons. The minimum absolute atomic E-state index is 0.0167. The average molecular weight is 256 g/mol. The zero-order chi connectivity index (χ0) is 12.8. The fourth-order valence-electron chi connectivity index (χ4n) is 3.32. The summed E-state index contributed by atoms with van der Waals surface area (Å²) in [5.74, 6) is 0.618. The van der Waals surface area contributed by atoms with Gasteiger partial charge in [-0.3, -0.25) is 4.79 Å². The van der Waals surface area contributed by atoms with Crippen molar-refractivity contribution in [2.24, 2.45) is 5.92 Å². The molecule has 3 atom stereocenters. The number of rotatable bonds is 2. The van der Waals surface area contributed by atoms with E-state index >= 15 is 0 Å². The van der Waals surface area contributed by atoms with Crippen LogP contribution in [0, 0.1) is 5.92 Å². The topological polar surface area (TPSA) is 58.4 Å². The Bertz CT molecular complexity index is 635. The molecule has 2 bridgehead atoms. The van der Waals surface area contributed by atoms with Crippen LogP contribution < -0.4 is 10.6 Å². The first-order valence-electron chi connectivity index (χ1n) is 6.76. The standard InChI is InChI=1S/C14H16N4O/c19-14(17-12-7-11-5-10(12)8-16-11)9-1-3-18-4-2-15-13(18)6-9/h1-4,6,10-12,16H,5,7-8H2,(H,17,19)/t10-,11+,12+/m1/s1. The second-order valence-corrected chi connectivity index (χ2v) is 5.52. The molecule has 3 heterocycles. The van der Waals surface area contributed by atoms with Gasteiger partial charge in [0, 0.05) is 42.8 Å². The van der Waals surface area contributed by atoms with Crippen molar-refractivity contribution >= 4 is 11.6 Å². The summed E-state index contributed by atoms with van der Waals surface area (Å²) in [4.78, 5) is 16.5. The molecule has 2 aromatic rings. The Morgan fingerprint density at radius 2 is 2.37 bits per heavy atom. The first-order valence-corrected chi connectivity index (χ1v) is 6.76. The van der Waals surface area contributed by atoms with Crippen LogP contribution in [0.3, 0.4) is 0 Å². The number of hydrogen-bond acceptors (Lipinski definition) is 3. The molecule has 0 spiro atoms. The van der Waals surface area contributed by atoms with E-state index in [2.05, 4.69) is 15.6 Å². The van der Waals surface area contributed by atoms with E-state index in [1.165, 1.54) is 6.42 Å². The van der Waals surface area contributed by atoms with Gasteiger partial charge in [-0.05, 0) is 30.9 Å². The van der Waals surface area contributed by atoms with Crippen LogP contribution in [-0.4, -0.2) is 33.9 Å². The van der Waals surface area contributed by atoms with Gasteiger partial charge in [0.15, 0.2) is 0 Å². The van der Waals surface area contributed by atoms with Gasteiger partial charge in [0.2, 0.25) is 0 Å². The lowest BCUT2D eigenvalue weighted by molar-refractivity contribution is 0.0925. The summed E-state index contributed by atoms with van der Waals surface area (Å²) in [6, 6.07) is 4.61. The maximum Gasteiger partial charge on any atom is 0.251 e. The molecule has 1 aliphatic heterocycles. The number of carbonyl (C=O) groups excluding carboxylic acids is 1. The number of aromatic nitrogens is 2. The van der Waals surface area contributed by atoms with Crippen molar-refractivity contribution in [1.82, 2.24) is 20.0 Å². The number of imidazole rings is 1. The first-order chi connectivity index (χ1) is 9.29. The third-order valence-electron chi connectivity index (χ3n) is 4.34. The van der Waals surface area contributed by atoms with Crippen LogP contribution in [0.2, 0.25) is 0 Å². The van der Waals surface area contributed by atoms with E-state index in [1.54, 1.807) is 6.20 Å². The number of nitrogens with one attached hydrogen (secondary N) is 2. The van der Waals surface area contributed by atoms with Gasteiger partial charge in [0.25, 0.3) is 5.91 Å². The third kappa shape index (κ3) is 1.81. The molecular weight excluding hydrogens is 240 g/mol. The Labute approximate surface area is 111 Å². The number of hydrogen-bond donors (Lipinski definition) is 2. The van der Waals surface area contributed by atoms with E-state index in [0.29, 0.717) is 23.6 Å². The molecule has 4 rings (SSSR count). The average Bonchev–Trinajstić information content (AvgIpc) is 3.13. The summed E-state index contributed by atoms with van der Waals surface area (Å²) < 4.78 is 1.90. The lowest BCUT2D eigenvalue weighted by Gasteiger charge is -2.23. The Morgan fingerprint density at radius 3 is 3.16 bits per heavy atom. The van der Waals surface area contributed by atoms with Crippen LogP contribution in [0.4, 0.5) is 0 Å². The van der Waals surface area contributed by atoms with Crippen LogP contribution in [0.1, 0.15) is 23.2 Å². The van der Waals surface area contributed by atoms with Crippen molar-refractivity contribution in [2.75, 3.05) is 6.54 Å². The van der Waals surface area contributed by atoms with Crippen molar-refractivity contribution in [2.45, 2.75) is 24.9 Å². The lowest BCUT2D eigenvalue weighted by Crippen LogP contribution is -2.44. The van der Waals surface area contributed by atoms with E-state index < -0.39 is 0 Å². The smallest absolute Gasteiger partial charge is 0.251 e. The number of amides is 1. The van der Waals surface area contributed by atoms with E-state index in [9.17, 15) is 4.79 Å². The number of piperidine rings is 1. The quantitative estimate of drug-likeness (QED) is 0.836. The molecule has 1 saturated carbocycles. The second-order valence-electron chi connectivity index (χ2n) is 5.52. The normalized spacial score (nSPS) is 28.9. The SMILES string of the molecule is O=C(N[C@H]1C[C@@H]2C[C@@H]1CN2)c1ccn2ccnc2c1. The highest BCUT2D eigenvalue weighted by Gasteiger charge is 2.40.